The number of aliphatic hydroxyl groups excluding tert-OH is 1. The highest BCUT2D eigenvalue weighted by Gasteiger charge is 2.51. The molecular weight excluding hydrogens is 572 g/mol. The van der Waals surface area contributed by atoms with E-state index in [9.17, 15) is 19.8 Å². The number of allylic oxidation sites excluding steroid dienone is 1. The van der Waals surface area contributed by atoms with Gasteiger partial charge in [-0.1, -0.05) is 12.2 Å². The van der Waals surface area contributed by atoms with Crippen molar-refractivity contribution in [2.75, 3.05) is 25.4 Å². The lowest BCUT2D eigenvalue weighted by Gasteiger charge is -2.47. The lowest BCUT2D eigenvalue weighted by Crippen LogP contribution is -2.68. The van der Waals surface area contributed by atoms with E-state index < -0.39 is 12.0 Å². The van der Waals surface area contributed by atoms with E-state index in [2.05, 4.69) is 4.90 Å². The smallest absolute Gasteiger partial charge is 0.352 e. The number of likely N-dealkylation sites (tertiary alicyclic amines) is 1. The van der Waals surface area contributed by atoms with Crippen LogP contribution in [0.25, 0.3) is 0 Å². The molecule has 0 aliphatic carbocycles. The van der Waals surface area contributed by atoms with Crippen molar-refractivity contribution in [3.63, 3.8) is 0 Å². The van der Waals surface area contributed by atoms with Crippen LogP contribution in [0.4, 0.5) is 0 Å². The summed E-state index contributed by atoms with van der Waals surface area (Å²) in [6.45, 7) is 2.39. The van der Waals surface area contributed by atoms with Gasteiger partial charge in [-0.3, -0.25) is 14.6 Å². The number of nitrogens with two attached hydrogens (primary N) is 1. The molecule has 10 heteroatoms. The Balaban J connectivity index is 0.00000156. The van der Waals surface area contributed by atoms with Crippen molar-refractivity contribution in [2.45, 2.75) is 30.4 Å². The van der Waals surface area contributed by atoms with E-state index in [-0.39, 0.29) is 71.0 Å². The van der Waals surface area contributed by atoms with Crippen LogP contribution < -0.4 is 5.73 Å². The third-order valence-corrected chi connectivity index (χ3v) is 5.80. The average Bonchev–Trinajstić information content (AvgIpc) is 2.55. The number of aliphatic carboxylic acids is 1. The molecule has 2 fully saturated rings. The maximum Gasteiger partial charge on any atom is 0.352 e. The van der Waals surface area contributed by atoms with E-state index in [4.69, 9.17) is 5.73 Å². The summed E-state index contributed by atoms with van der Waals surface area (Å²) in [4.78, 5) is 26.9. The molecule has 0 bridgehead atoms. The van der Waals surface area contributed by atoms with Crippen LogP contribution in [0.5, 0.6) is 0 Å². The molecule has 3 rings (SSSR count). The lowest BCUT2D eigenvalue weighted by atomic mass is 10.0. The molecule has 4 N–H and O–H groups in total. The molecule has 3 aliphatic rings. The molecule has 0 saturated carbocycles. The molecule has 7 nitrogen and oxygen atoms in total. The molecule has 0 spiro atoms. The Morgan fingerprint density at radius 3 is 2.56 bits per heavy atom. The number of β-lactam (4-membered cyclic amide) rings is 1. The Morgan fingerprint density at radius 2 is 1.96 bits per heavy atom. The fraction of sp³-hybridized carbons (Fsp3) is 0.600. The Morgan fingerprint density at radius 1 is 1.32 bits per heavy atom. The Kier molecular flexibility index (Phi) is 9.14. The van der Waals surface area contributed by atoms with Crippen LogP contribution in [0.1, 0.15) is 12.8 Å². The number of halogens is 2. The number of thioether (sulfide) groups is 1. The molecule has 0 aromatic heterocycles. The van der Waals surface area contributed by atoms with Crippen molar-refractivity contribution >= 4 is 71.6 Å². The van der Waals surface area contributed by atoms with E-state index in [0.717, 1.165) is 25.9 Å². The predicted octanol–water partition coefficient (Wildman–Crippen LogP) is 0.816. The molecule has 2 saturated heterocycles. The van der Waals surface area contributed by atoms with Crippen molar-refractivity contribution in [3.8, 4) is 0 Å². The van der Waals surface area contributed by atoms with Gasteiger partial charge in [-0.15, -0.1) is 59.7 Å². The second-order valence-corrected chi connectivity index (χ2v) is 7.15. The van der Waals surface area contributed by atoms with Gasteiger partial charge in [0.05, 0.1) is 6.10 Å². The Bertz CT molecular complexity index is 579. The van der Waals surface area contributed by atoms with Crippen molar-refractivity contribution in [3.05, 3.63) is 23.4 Å². The van der Waals surface area contributed by atoms with Gasteiger partial charge in [-0.2, -0.15) is 0 Å². The number of piperidine rings is 1. The molecule has 142 valence electrons. The molecule has 3 aliphatic heterocycles. The van der Waals surface area contributed by atoms with Crippen molar-refractivity contribution in [2.24, 2.45) is 5.73 Å². The number of amides is 1. The zero-order chi connectivity index (χ0) is 16.6. The fourth-order valence-electron chi connectivity index (χ4n) is 3.11. The monoisotopic (exact) mass is 595 g/mol. The summed E-state index contributed by atoms with van der Waals surface area (Å²) in [5, 5.41) is 18.7. The quantitative estimate of drug-likeness (QED) is 0.327. The minimum absolute atomic E-state index is 0. The standard InChI is InChI=1S/C15H21N3O4S.2HI/c16-11-13(20)18-12(15(21)22)9(8-23-14(11)18)2-1-5-17-6-3-10(19)4-7-17;;/h1-2,10-11,14,19H,3-8,16H2,(H,21,22);2*1H/t11-,14-;;/m1../s1. The predicted molar refractivity (Wildman–Crippen MR) is 117 cm³/mol. The van der Waals surface area contributed by atoms with Crippen LogP contribution in [-0.4, -0.2) is 74.8 Å². The number of rotatable bonds is 4. The number of carboxylic acids is 1. The van der Waals surface area contributed by atoms with Crippen molar-refractivity contribution < 1.29 is 19.8 Å². The highest BCUT2D eigenvalue weighted by atomic mass is 127. The number of carboxylic acid groups (broad SMARTS) is 1. The second-order valence-electron chi connectivity index (χ2n) is 6.05. The van der Waals surface area contributed by atoms with E-state index >= 15 is 0 Å². The second kappa shape index (κ2) is 9.88. The lowest BCUT2D eigenvalue weighted by molar-refractivity contribution is -0.147. The van der Waals surface area contributed by atoms with Crippen LogP contribution in [0, 0.1) is 0 Å². The molecule has 0 aromatic carbocycles. The maximum absolute atomic E-state index is 11.8. The first-order chi connectivity index (χ1) is 11.0. The van der Waals surface area contributed by atoms with Gasteiger partial charge in [0.25, 0.3) is 0 Å². The zero-order valence-electron chi connectivity index (χ0n) is 13.5. The van der Waals surface area contributed by atoms with Crippen LogP contribution >= 0.6 is 59.7 Å². The molecule has 25 heavy (non-hydrogen) atoms. The van der Waals surface area contributed by atoms with Crippen molar-refractivity contribution in [1.29, 1.82) is 0 Å². The number of hydrogen-bond acceptors (Lipinski definition) is 6. The summed E-state index contributed by atoms with van der Waals surface area (Å²) in [5.74, 6) is -0.870. The largest absolute Gasteiger partial charge is 0.477 e. The fourth-order valence-corrected chi connectivity index (χ4v) is 4.38. The molecule has 3 heterocycles. The highest BCUT2D eigenvalue weighted by molar-refractivity contribution is 14.0. The SMILES string of the molecule is I.I.N[C@@H]1C(=O)N2C(C(=O)O)=C(C=CCN3CCC(O)CC3)CS[C@H]12. The number of carbonyl (C=O) groups is 2. The van der Waals surface area contributed by atoms with Gasteiger partial charge in [0.15, 0.2) is 0 Å². The molecule has 2 atom stereocenters. The summed E-state index contributed by atoms with van der Waals surface area (Å²) in [7, 11) is 0. The van der Waals surface area contributed by atoms with Gasteiger partial charge in [-0.25, -0.2) is 4.79 Å². The minimum atomic E-state index is -1.09. The molecular formula is C15H23I2N3O4S. The summed E-state index contributed by atoms with van der Waals surface area (Å²) in [6, 6.07) is -0.598. The maximum atomic E-state index is 11.8. The van der Waals surface area contributed by atoms with Gasteiger partial charge >= 0.3 is 5.97 Å². The van der Waals surface area contributed by atoms with Crippen molar-refractivity contribution in [1.82, 2.24) is 9.80 Å². The summed E-state index contributed by atoms with van der Waals surface area (Å²) < 4.78 is 0. The summed E-state index contributed by atoms with van der Waals surface area (Å²) in [6.07, 6.45) is 5.07. The first kappa shape index (κ1) is 23.1. The van der Waals surface area contributed by atoms with E-state index in [1.165, 1.54) is 16.7 Å². The molecule has 0 radical (unpaired) electrons. The van der Waals surface area contributed by atoms with Gasteiger partial charge in [-0.05, 0) is 18.4 Å². The van der Waals surface area contributed by atoms with Gasteiger partial charge in [0.2, 0.25) is 5.91 Å². The number of carbonyl (C=O) groups excluding carboxylic acids is 1. The topological polar surface area (TPSA) is 107 Å². The van der Waals surface area contributed by atoms with Gasteiger partial charge in [0.1, 0.15) is 17.1 Å². The minimum Gasteiger partial charge on any atom is -0.477 e. The van der Waals surface area contributed by atoms with Crippen LogP contribution in [-0.2, 0) is 9.59 Å². The Labute approximate surface area is 185 Å². The summed E-state index contributed by atoms with van der Waals surface area (Å²) in [5.41, 5.74) is 6.43. The normalized spacial score (nSPS) is 27.4. The molecule has 0 unspecified atom stereocenters. The molecule has 1 amide bonds. The number of nitrogens with zero attached hydrogens (tertiary/aromatic N) is 2. The van der Waals surface area contributed by atoms with E-state index in [1.54, 1.807) is 6.08 Å². The summed E-state index contributed by atoms with van der Waals surface area (Å²) >= 11 is 1.50. The first-order valence-corrected chi connectivity index (χ1v) is 8.77. The number of aliphatic hydroxyl groups is 1. The average molecular weight is 595 g/mol. The van der Waals surface area contributed by atoms with Crippen LogP contribution in [0.3, 0.4) is 0 Å². The van der Waals surface area contributed by atoms with Crippen LogP contribution in [0.2, 0.25) is 0 Å². The van der Waals surface area contributed by atoms with Gasteiger partial charge < -0.3 is 15.9 Å². The van der Waals surface area contributed by atoms with Gasteiger partial charge in [0, 0.05) is 25.4 Å². The highest BCUT2D eigenvalue weighted by Crippen LogP contribution is 2.39. The van der Waals surface area contributed by atoms with Crippen LogP contribution in [0.15, 0.2) is 23.4 Å². The Hall–Kier alpha value is 0.110. The third kappa shape index (κ3) is 4.89. The first-order valence-electron chi connectivity index (χ1n) is 7.72. The third-order valence-electron chi connectivity index (χ3n) is 4.48. The number of hydrogen-bond donors (Lipinski definition) is 3. The number of fused-ring (bicyclic) bond motifs is 1. The zero-order valence-corrected chi connectivity index (χ0v) is 19.0. The molecule has 0 aromatic rings. The van der Waals surface area contributed by atoms with E-state index in [1.807, 2.05) is 6.08 Å². The van der Waals surface area contributed by atoms with E-state index in [0.29, 0.717) is 17.9 Å².